The molecule has 0 bridgehead atoms. The fourth-order valence-electron chi connectivity index (χ4n) is 3.23. The lowest BCUT2D eigenvalue weighted by atomic mass is 9.58. The Balaban J connectivity index is 2.27. The van der Waals surface area contributed by atoms with Crippen molar-refractivity contribution in [1.82, 2.24) is 4.98 Å². The van der Waals surface area contributed by atoms with E-state index in [0.717, 1.165) is 19.3 Å². The van der Waals surface area contributed by atoms with Gasteiger partial charge in [0.1, 0.15) is 0 Å². The van der Waals surface area contributed by atoms with E-state index in [1.54, 1.807) is 18.3 Å². The average Bonchev–Trinajstić information content (AvgIpc) is 2.88. The van der Waals surface area contributed by atoms with E-state index in [-0.39, 0.29) is 11.2 Å². The molecule has 0 saturated heterocycles. The predicted octanol–water partition coefficient (Wildman–Crippen LogP) is 3.72. The van der Waals surface area contributed by atoms with Crippen molar-refractivity contribution in [2.75, 3.05) is 0 Å². The molecule has 3 heteroatoms. The fraction of sp³-hybridized carbons (Fsp3) is 0.625. The minimum absolute atomic E-state index is 0.122. The Morgan fingerprint density at radius 3 is 3.00 bits per heavy atom. The molecule has 1 aromatic heterocycles. The second-order valence-electron chi connectivity index (χ2n) is 5.69. The van der Waals surface area contributed by atoms with Crippen molar-refractivity contribution in [3.8, 4) is 11.8 Å². The summed E-state index contributed by atoms with van der Waals surface area (Å²) in [7, 11) is 0. The van der Waals surface area contributed by atoms with Gasteiger partial charge in [-0.15, -0.1) is 11.3 Å². The van der Waals surface area contributed by atoms with Crippen LogP contribution < -0.4 is 0 Å². The van der Waals surface area contributed by atoms with Crippen LogP contribution in [0.25, 0.3) is 0 Å². The molecular formula is C16H21NOS. The summed E-state index contributed by atoms with van der Waals surface area (Å²) in [6.07, 6.45) is 6.36. The number of thiazole rings is 1. The summed E-state index contributed by atoms with van der Waals surface area (Å²) >= 11 is 1.69. The molecule has 1 heterocycles. The Morgan fingerprint density at radius 2 is 2.37 bits per heavy atom. The van der Waals surface area contributed by atoms with Crippen molar-refractivity contribution in [3.63, 3.8) is 0 Å². The predicted molar refractivity (Wildman–Crippen MR) is 78.9 cm³/mol. The van der Waals surface area contributed by atoms with Gasteiger partial charge in [-0.05, 0) is 43.9 Å². The van der Waals surface area contributed by atoms with Gasteiger partial charge in [0.05, 0.1) is 5.51 Å². The van der Waals surface area contributed by atoms with Crippen LogP contribution in [0.3, 0.4) is 0 Å². The highest BCUT2D eigenvalue weighted by Crippen LogP contribution is 2.47. The number of Topliss-reactive ketones (excluding diaryl/α,β-unsaturated/α-hetero) is 1. The van der Waals surface area contributed by atoms with Gasteiger partial charge in [0.2, 0.25) is 5.78 Å². The molecule has 3 atom stereocenters. The van der Waals surface area contributed by atoms with Gasteiger partial charge in [0, 0.05) is 16.5 Å². The summed E-state index contributed by atoms with van der Waals surface area (Å²) in [5.41, 5.74) is 1.57. The van der Waals surface area contributed by atoms with Crippen LogP contribution in [-0.2, 0) is 11.2 Å². The molecule has 0 aromatic carbocycles. The third kappa shape index (κ3) is 2.74. The Bertz CT molecular complexity index is 497. The molecule has 0 unspecified atom stereocenters. The van der Waals surface area contributed by atoms with Crippen molar-refractivity contribution in [2.24, 2.45) is 17.3 Å². The third-order valence-electron chi connectivity index (χ3n) is 4.72. The van der Waals surface area contributed by atoms with Crippen LogP contribution >= 0.6 is 11.3 Å². The van der Waals surface area contributed by atoms with E-state index in [2.05, 4.69) is 30.7 Å². The molecule has 1 aromatic rings. The molecule has 2 rings (SSSR count). The van der Waals surface area contributed by atoms with E-state index in [1.165, 1.54) is 11.3 Å². The monoisotopic (exact) mass is 275 g/mol. The quantitative estimate of drug-likeness (QED) is 0.621. The largest absolute Gasteiger partial charge is 0.284 e. The molecule has 19 heavy (non-hydrogen) atoms. The second-order valence-corrected chi connectivity index (χ2v) is 6.66. The van der Waals surface area contributed by atoms with E-state index in [1.807, 2.05) is 11.7 Å². The molecule has 0 N–H and O–H groups in total. The number of nitrogens with zero attached hydrogens (tertiary/aromatic N) is 1. The van der Waals surface area contributed by atoms with Gasteiger partial charge >= 0.3 is 0 Å². The van der Waals surface area contributed by atoms with Crippen molar-refractivity contribution < 1.29 is 4.79 Å². The maximum absolute atomic E-state index is 12.5. The molecule has 1 aliphatic rings. The topological polar surface area (TPSA) is 30.0 Å². The summed E-state index contributed by atoms with van der Waals surface area (Å²) in [6.45, 7) is 6.07. The summed E-state index contributed by atoms with van der Waals surface area (Å²) < 4.78 is 0. The van der Waals surface area contributed by atoms with E-state index < -0.39 is 0 Å². The molecule has 1 saturated carbocycles. The molecule has 0 aliphatic heterocycles. The van der Waals surface area contributed by atoms with Crippen LogP contribution in [0.1, 0.15) is 44.9 Å². The normalized spacial score (nSPS) is 30.5. The van der Waals surface area contributed by atoms with E-state index in [4.69, 9.17) is 0 Å². The van der Waals surface area contributed by atoms with E-state index >= 15 is 0 Å². The molecule has 0 spiro atoms. The Hall–Kier alpha value is -1.14. The third-order valence-corrected chi connectivity index (χ3v) is 5.52. The summed E-state index contributed by atoms with van der Waals surface area (Å²) in [5.74, 6) is 6.50. The number of rotatable bonds is 3. The van der Waals surface area contributed by atoms with Crippen LogP contribution in [0.2, 0.25) is 0 Å². The van der Waals surface area contributed by atoms with E-state index in [0.29, 0.717) is 11.8 Å². The average molecular weight is 275 g/mol. The summed E-state index contributed by atoms with van der Waals surface area (Å²) in [4.78, 5) is 17.9. The van der Waals surface area contributed by atoms with Crippen LogP contribution in [-0.4, -0.2) is 10.8 Å². The zero-order valence-corrected chi connectivity index (χ0v) is 12.7. The Kier molecular flexibility index (Phi) is 4.42. The highest BCUT2D eigenvalue weighted by Gasteiger charge is 2.46. The lowest BCUT2D eigenvalue weighted by molar-refractivity contribution is -0.130. The first-order valence-corrected chi connectivity index (χ1v) is 7.81. The summed E-state index contributed by atoms with van der Waals surface area (Å²) in [6, 6.07) is 0. The molecule has 2 nitrogen and oxygen atoms in total. The Labute approximate surface area is 119 Å². The highest BCUT2D eigenvalue weighted by atomic mass is 32.1. The van der Waals surface area contributed by atoms with Crippen LogP contribution in [0.15, 0.2) is 11.7 Å². The molecule has 1 fully saturated rings. The van der Waals surface area contributed by atoms with Crippen molar-refractivity contribution in [1.29, 1.82) is 0 Å². The number of hydrogen-bond acceptors (Lipinski definition) is 3. The van der Waals surface area contributed by atoms with Gasteiger partial charge in [-0.3, -0.25) is 9.78 Å². The zero-order valence-electron chi connectivity index (χ0n) is 11.9. The van der Waals surface area contributed by atoms with Gasteiger partial charge < -0.3 is 0 Å². The minimum atomic E-state index is -0.300. The van der Waals surface area contributed by atoms with Gasteiger partial charge in [-0.25, -0.2) is 0 Å². The smallest absolute Gasteiger partial charge is 0.211 e. The second kappa shape index (κ2) is 5.88. The number of aromatic nitrogens is 1. The number of carbonyl (C=O) groups is 1. The maximum atomic E-state index is 12.5. The standard InChI is InChI=1S/C16H21NOS/c1-4-6-15(18)16(3)12(2)7-5-8-13(16)9-14-10-17-11-19-14/h10-13H,5,7-9H2,1-3H3/t12-,13+,16+/m0/s1. The van der Waals surface area contributed by atoms with Crippen LogP contribution in [0.4, 0.5) is 0 Å². The lowest BCUT2D eigenvalue weighted by Crippen LogP contribution is -2.44. The number of carbonyl (C=O) groups excluding carboxylic acids is 1. The zero-order chi connectivity index (χ0) is 13.9. The Morgan fingerprint density at radius 1 is 1.58 bits per heavy atom. The van der Waals surface area contributed by atoms with Crippen molar-refractivity contribution in [3.05, 3.63) is 16.6 Å². The van der Waals surface area contributed by atoms with Crippen molar-refractivity contribution in [2.45, 2.75) is 46.5 Å². The number of hydrogen-bond donors (Lipinski definition) is 0. The van der Waals surface area contributed by atoms with Gasteiger partial charge in [-0.1, -0.05) is 26.2 Å². The molecule has 0 radical (unpaired) electrons. The lowest BCUT2D eigenvalue weighted by Gasteiger charge is -2.44. The first-order chi connectivity index (χ1) is 9.09. The first-order valence-electron chi connectivity index (χ1n) is 6.93. The molecule has 102 valence electrons. The minimum Gasteiger partial charge on any atom is -0.284 e. The SMILES string of the molecule is CC#CC(=O)[C@@]1(C)[C@@H](Cc2cncs2)CCC[C@@H]1C. The maximum Gasteiger partial charge on any atom is 0.211 e. The van der Waals surface area contributed by atoms with Crippen molar-refractivity contribution >= 4 is 17.1 Å². The summed E-state index contributed by atoms with van der Waals surface area (Å²) in [5, 5.41) is 0. The van der Waals surface area contributed by atoms with E-state index in [9.17, 15) is 4.79 Å². The van der Waals surface area contributed by atoms with Crippen LogP contribution in [0, 0.1) is 29.1 Å². The fourth-order valence-corrected chi connectivity index (χ4v) is 3.91. The number of ketones is 1. The molecular weight excluding hydrogens is 254 g/mol. The highest BCUT2D eigenvalue weighted by molar-refractivity contribution is 7.09. The first kappa shape index (κ1) is 14.3. The van der Waals surface area contributed by atoms with Gasteiger partial charge in [-0.2, -0.15) is 0 Å². The van der Waals surface area contributed by atoms with Gasteiger partial charge in [0.25, 0.3) is 0 Å². The van der Waals surface area contributed by atoms with Crippen LogP contribution in [0.5, 0.6) is 0 Å². The molecule has 1 aliphatic carbocycles. The van der Waals surface area contributed by atoms with Gasteiger partial charge in [0.15, 0.2) is 0 Å². The molecule has 0 amide bonds.